The number of hydrogen-bond acceptors (Lipinski definition) is 2. The highest BCUT2D eigenvalue weighted by atomic mass is 16.4. The van der Waals surface area contributed by atoms with Gasteiger partial charge in [0, 0.05) is 12.6 Å². The van der Waals surface area contributed by atoms with E-state index in [2.05, 4.69) is 18.7 Å². The van der Waals surface area contributed by atoms with Gasteiger partial charge in [0.25, 0.3) is 0 Å². The van der Waals surface area contributed by atoms with Gasteiger partial charge < -0.3 is 5.11 Å². The van der Waals surface area contributed by atoms with E-state index >= 15 is 0 Å². The van der Waals surface area contributed by atoms with Crippen molar-refractivity contribution in [3.8, 4) is 0 Å². The van der Waals surface area contributed by atoms with Crippen molar-refractivity contribution in [2.45, 2.75) is 70.9 Å². The van der Waals surface area contributed by atoms with Crippen LogP contribution in [0.1, 0.15) is 58.8 Å². The molecule has 3 nitrogen and oxygen atoms in total. The maximum absolute atomic E-state index is 11.5. The maximum atomic E-state index is 11.5. The Kier molecular flexibility index (Phi) is 4.66. The summed E-state index contributed by atoms with van der Waals surface area (Å²) in [5.74, 6) is 0.758. The van der Waals surface area contributed by atoms with Gasteiger partial charge in [0.1, 0.15) is 6.04 Å². The van der Waals surface area contributed by atoms with Gasteiger partial charge in [0.2, 0.25) is 0 Å². The van der Waals surface area contributed by atoms with E-state index in [0.29, 0.717) is 12.0 Å². The fourth-order valence-electron chi connectivity index (χ4n) is 3.75. The number of carboxylic acids is 1. The summed E-state index contributed by atoms with van der Waals surface area (Å²) in [4.78, 5) is 13.8. The Labute approximate surface area is 111 Å². The van der Waals surface area contributed by atoms with Crippen molar-refractivity contribution in [2.75, 3.05) is 6.54 Å². The lowest BCUT2D eigenvalue weighted by molar-refractivity contribution is -0.148. The van der Waals surface area contributed by atoms with Crippen LogP contribution in [0, 0.1) is 11.8 Å². The average molecular weight is 253 g/mol. The van der Waals surface area contributed by atoms with Gasteiger partial charge in [-0.2, -0.15) is 0 Å². The molecule has 4 unspecified atom stereocenters. The third-order valence-corrected chi connectivity index (χ3v) is 5.01. The Balaban J connectivity index is 2.11. The lowest BCUT2D eigenvalue weighted by Gasteiger charge is -2.48. The van der Waals surface area contributed by atoms with Gasteiger partial charge in [0.15, 0.2) is 0 Å². The maximum Gasteiger partial charge on any atom is 0.320 e. The Morgan fingerprint density at radius 3 is 2.67 bits per heavy atom. The van der Waals surface area contributed by atoms with Gasteiger partial charge in [-0.25, -0.2) is 0 Å². The SMILES string of the molecule is CCC(C)CN1C(C(=O)O)CCC2CCCCC21. The summed E-state index contributed by atoms with van der Waals surface area (Å²) >= 11 is 0. The summed E-state index contributed by atoms with van der Waals surface area (Å²) in [5.41, 5.74) is 0. The van der Waals surface area contributed by atoms with E-state index < -0.39 is 5.97 Å². The molecule has 1 heterocycles. The number of hydrogen-bond donors (Lipinski definition) is 1. The normalized spacial score (nSPS) is 34.9. The van der Waals surface area contributed by atoms with Crippen LogP contribution in [0.4, 0.5) is 0 Å². The zero-order valence-corrected chi connectivity index (χ0v) is 11.8. The predicted molar refractivity (Wildman–Crippen MR) is 72.6 cm³/mol. The number of carbonyl (C=O) groups is 1. The lowest BCUT2D eigenvalue weighted by Crippen LogP contribution is -2.56. The van der Waals surface area contributed by atoms with Gasteiger partial charge >= 0.3 is 5.97 Å². The zero-order chi connectivity index (χ0) is 13.1. The van der Waals surface area contributed by atoms with Crippen molar-refractivity contribution < 1.29 is 9.90 Å². The minimum Gasteiger partial charge on any atom is -0.480 e. The van der Waals surface area contributed by atoms with Crippen molar-refractivity contribution in [3.63, 3.8) is 0 Å². The monoisotopic (exact) mass is 253 g/mol. The van der Waals surface area contributed by atoms with E-state index in [0.717, 1.165) is 31.7 Å². The summed E-state index contributed by atoms with van der Waals surface area (Å²) in [7, 11) is 0. The molecule has 2 aliphatic rings. The molecule has 0 aromatic rings. The van der Waals surface area contributed by atoms with Crippen LogP contribution < -0.4 is 0 Å². The third kappa shape index (κ3) is 2.87. The quantitative estimate of drug-likeness (QED) is 0.836. The molecule has 2 fully saturated rings. The molecule has 1 aliphatic heterocycles. The molecule has 1 N–H and O–H groups in total. The summed E-state index contributed by atoms with van der Waals surface area (Å²) in [6.45, 7) is 5.41. The standard InChI is InChI=1S/C15H27NO2/c1-3-11(2)10-16-13-7-5-4-6-12(13)8-9-14(16)15(17)18/h11-14H,3-10H2,1-2H3,(H,17,18). The minimum atomic E-state index is -0.609. The molecule has 0 bridgehead atoms. The number of rotatable bonds is 4. The van der Waals surface area contributed by atoms with Crippen molar-refractivity contribution >= 4 is 5.97 Å². The lowest BCUT2D eigenvalue weighted by atomic mass is 9.76. The Bertz CT molecular complexity index is 292. The first-order valence-electron chi connectivity index (χ1n) is 7.62. The van der Waals surface area contributed by atoms with Crippen molar-refractivity contribution in [1.82, 2.24) is 4.90 Å². The molecule has 0 aromatic carbocycles. The van der Waals surface area contributed by atoms with Crippen LogP contribution in [-0.4, -0.2) is 34.6 Å². The molecule has 2 rings (SSSR count). The third-order valence-electron chi connectivity index (χ3n) is 5.01. The molecule has 0 radical (unpaired) electrons. The molecule has 18 heavy (non-hydrogen) atoms. The molecular formula is C15H27NO2. The number of carboxylic acid groups (broad SMARTS) is 1. The molecule has 0 aromatic heterocycles. The van der Waals surface area contributed by atoms with E-state index in [4.69, 9.17) is 0 Å². The van der Waals surface area contributed by atoms with Crippen LogP contribution in [0.5, 0.6) is 0 Å². The van der Waals surface area contributed by atoms with Crippen LogP contribution >= 0.6 is 0 Å². The van der Waals surface area contributed by atoms with Crippen LogP contribution in [-0.2, 0) is 4.79 Å². The van der Waals surface area contributed by atoms with Crippen LogP contribution in [0.3, 0.4) is 0 Å². The molecular weight excluding hydrogens is 226 g/mol. The summed E-state index contributed by atoms with van der Waals surface area (Å²) < 4.78 is 0. The molecule has 4 atom stereocenters. The fraction of sp³-hybridized carbons (Fsp3) is 0.933. The summed E-state index contributed by atoms with van der Waals surface area (Å²) in [6, 6.07) is 0.320. The van der Waals surface area contributed by atoms with Crippen LogP contribution in [0.25, 0.3) is 0 Å². The molecule has 0 spiro atoms. The first kappa shape index (κ1) is 13.9. The van der Waals surface area contributed by atoms with E-state index in [1.807, 2.05) is 0 Å². The number of nitrogens with zero attached hydrogens (tertiary/aromatic N) is 1. The summed E-state index contributed by atoms with van der Waals surface area (Å²) in [6.07, 6.45) is 8.27. The zero-order valence-electron chi connectivity index (χ0n) is 11.8. The van der Waals surface area contributed by atoms with Gasteiger partial charge in [0.05, 0.1) is 0 Å². The van der Waals surface area contributed by atoms with E-state index in [9.17, 15) is 9.90 Å². The van der Waals surface area contributed by atoms with E-state index in [-0.39, 0.29) is 6.04 Å². The Morgan fingerprint density at radius 2 is 2.00 bits per heavy atom. The predicted octanol–water partition coefficient (Wildman–Crippen LogP) is 3.14. The van der Waals surface area contributed by atoms with E-state index in [1.54, 1.807) is 0 Å². The second-order valence-corrected chi connectivity index (χ2v) is 6.25. The second kappa shape index (κ2) is 6.05. The van der Waals surface area contributed by atoms with Crippen LogP contribution in [0.15, 0.2) is 0 Å². The highest BCUT2D eigenvalue weighted by molar-refractivity contribution is 5.73. The molecule has 1 saturated heterocycles. The van der Waals surface area contributed by atoms with Gasteiger partial charge in [-0.15, -0.1) is 0 Å². The van der Waals surface area contributed by atoms with Crippen molar-refractivity contribution in [1.29, 1.82) is 0 Å². The molecule has 1 saturated carbocycles. The topological polar surface area (TPSA) is 40.5 Å². The average Bonchev–Trinajstić information content (AvgIpc) is 2.38. The van der Waals surface area contributed by atoms with Gasteiger partial charge in [-0.3, -0.25) is 9.69 Å². The molecule has 3 heteroatoms. The number of fused-ring (bicyclic) bond motifs is 1. The Hall–Kier alpha value is -0.570. The smallest absolute Gasteiger partial charge is 0.320 e. The number of piperidine rings is 1. The van der Waals surface area contributed by atoms with Gasteiger partial charge in [-0.05, 0) is 37.5 Å². The molecule has 0 amide bonds. The van der Waals surface area contributed by atoms with Crippen LogP contribution in [0.2, 0.25) is 0 Å². The number of likely N-dealkylation sites (tertiary alicyclic amines) is 1. The Morgan fingerprint density at radius 1 is 1.28 bits per heavy atom. The first-order chi connectivity index (χ1) is 8.63. The summed E-state index contributed by atoms with van der Waals surface area (Å²) in [5, 5.41) is 9.44. The van der Waals surface area contributed by atoms with Crippen molar-refractivity contribution in [3.05, 3.63) is 0 Å². The van der Waals surface area contributed by atoms with Crippen molar-refractivity contribution in [2.24, 2.45) is 11.8 Å². The largest absolute Gasteiger partial charge is 0.480 e. The first-order valence-corrected chi connectivity index (χ1v) is 7.62. The van der Waals surface area contributed by atoms with Gasteiger partial charge in [-0.1, -0.05) is 33.1 Å². The fourth-order valence-corrected chi connectivity index (χ4v) is 3.75. The highest BCUT2D eigenvalue weighted by Crippen LogP contribution is 2.38. The highest BCUT2D eigenvalue weighted by Gasteiger charge is 2.41. The van der Waals surface area contributed by atoms with E-state index in [1.165, 1.54) is 25.7 Å². The number of aliphatic carboxylic acids is 1. The molecule has 1 aliphatic carbocycles. The molecule has 104 valence electrons. The minimum absolute atomic E-state index is 0.224. The second-order valence-electron chi connectivity index (χ2n) is 6.25.